The number of ether oxygens (including phenoxy) is 1. The number of halogens is 3. The lowest BCUT2D eigenvalue weighted by Crippen LogP contribution is -2.39. The van der Waals surface area contributed by atoms with E-state index >= 15 is 0 Å². The van der Waals surface area contributed by atoms with E-state index in [4.69, 9.17) is 4.52 Å². The second-order valence-corrected chi connectivity index (χ2v) is 7.30. The van der Waals surface area contributed by atoms with E-state index in [1.807, 2.05) is 13.8 Å². The molecule has 1 aliphatic rings. The summed E-state index contributed by atoms with van der Waals surface area (Å²) in [5, 5.41) is 9.11. The van der Waals surface area contributed by atoms with Crippen molar-refractivity contribution in [1.29, 1.82) is 0 Å². The van der Waals surface area contributed by atoms with Gasteiger partial charge < -0.3 is 24.8 Å². The van der Waals surface area contributed by atoms with E-state index in [2.05, 4.69) is 25.5 Å². The lowest BCUT2D eigenvalue weighted by atomic mass is 10.1. The Morgan fingerprint density at radius 1 is 1.32 bits per heavy atom. The van der Waals surface area contributed by atoms with Crippen LogP contribution in [0.3, 0.4) is 0 Å². The van der Waals surface area contributed by atoms with Gasteiger partial charge in [0, 0.05) is 19.0 Å². The minimum atomic E-state index is -4.77. The lowest BCUT2D eigenvalue weighted by molar-refractivity contribution is -0.274. The highest BCUT2D eigenvalue weighted by atomic mass is 19.4. The third kappa shape index (κ3) is 6.33. The zero-order valence-corrected chi connectivity index (χ0v) is 16.9. The quantitative estimate of drug-likeness (QED) is 0.684. The number of amides is 3. The van der Waals surface area contributed by atoms with Crippen LogP contribution in [0.25, 0.3) is 0 Å². The molecule has 31 heavy (non-hydrogen) atoms. The topological polar surface area (TPSA) is 110 Å². The molecule has 1 aromatic heterocycles. The van der Waals surface area contributed by atoms with Crippen molar-refractivity contribution in [2.24, 2.45) is 0 Å². The Hall–Kier alpha value is -3.31. The Balaban J connectivity index is 1.62. The van der Waals surface area contributed by atoms with Gasteiger partial charge in [0.05, 0.1) is 6.54 Å². The molecule has 2 N–H and O–H groups in total. The van der Waals surface area contributed by atoms with Crippen molar-refractivity contribution in [2.75, 3.05) is 0 Å². The Kier molecular flexibility index (Phi) is 6.66. The predicted octanol–water partition coefficient (Wildman–Crippen LogP) is 3.04. The van der Waals surface area contributed by atoms with Gasteiger partial charge in [-0.05, 0) is 38.0 Å². The maximum atomic E-state index is 12.3. The van der Waals surface area contributed by atoms with Gasteiger partial charge in [0.25, 0.3) is 0 Å². The van der Waals surface area contributed by atoms with Crippen LogP contribution in [0.15, 0.2) is 28.8 Å². The number of aromatic nitrogens is 2. The van der Waals surface area contributed by atoms with E-state index < -0.39 is 12.4 Å². The number of carbonyl (C=O) groups is 2. The van der Waals surface area contributed by atoms with Crippen LogP contribution in [0.4, 0.5) is 18.0 Å². The molecule has 1 aromatic carbocycles. The Morgan fingerprint density at radius 3 is 2.68 bits per heavy atom. The number of likely N-dealkylation sites (tertiary alicyclic amines) is 1. The van der Waals surface area contributed by atoms with Crippen molar-refractivity contribution in [3.05, 3.63) is 41.5 Å². The molecule has 168 valence electrons. The first-order valence-corrected chi connectivity index (χ1v) is 9.61. The van der Waals surface area contributed by atoms with Crippen molar-refractivity contribution in [1.82, 2.24) is 25.7 Å². The zero-order chi connectivity index (χ0) is 22.6. The van der Waals surface area contributed by atoms with Gasteiger partial charge in [0.1, 0.15) is 11.8 Å². The highest BCUT2D eigenvalue weighted by Gasteiger charge is 2.36. The Labute approximate surface area is 175 Å². The molecule has 0 unspecified atom stereocenters. The Morgan fingerprint density at radius 2 is 2.03 bits per heavy atom. The fraction of sp³-hybridized carbons (Fsp3) is 0.474. The van der Waals surface area contributed by atoms with E-state index in [9.17, 15) is 22.8 Å². The molecule has 0 radical (unpaired) electrons. The molecule has 12 heteroatoms. The number of urea groups is 1. The van der Waals surface area contributed by atoms with Gasteiger partial charge >= 0.3 is 12.4 Å². The molecule has 2 heterocycles. The molecule has 0 aliphatic carbocycles. The number of nitrogens with zero attached hydrogens (tertiary/aromatic N) is 3. The van der Waals surface area contributed by atoms with Crippen molar-refractivity contribution in [3.63, 3.8) is 0 Å². The molecular weight excluding hydrogens is 419 g/mol. The van der Waals surface area contributed by atoms with E-state index in [-0.39, 0.29) is 55.0 Å². The van der Waals surface area contributed by atoms with Gasteiger partial charge in [-0.25, -0.2) is 4.79 Å². The SMILES string of the molecule is CC(C)NC(=O)NCc1noc([C@@H]2CCC(=O)N2Cc2ccc(OC(F)(F)F)cc2)n1. The minimum Gasteiger partial charge on any atom is -0.406 e. The first kappa shape index (κ1) is 22.4. The second-order valence-electron chi connectivity index (χ2n) is 7.30. The van der Waals surface area contributed by atoms with Crippen LogP contribution in [0.5, 0.6) is 5.75 Å². The van der Waals surface area contributed by atoms with Crippen LogP contribution < -0.4 is 15.4 Å². The number of hydrogen-bond acceptors (Lipinski definition) is 6. The molecule has 1 saturated heterocycles. The van der Waals surface area contributed by atoms with Crippen LogP contribution >= 0.6 is 0 Å². The maximum absolute atomic E-state index is 12.3. The minimum absolute atomic E-state index is 0.0204. The summed E-state index contributed by atoms with van der Waals surface area (Å²) in [4.78, 5) is 29.8. The van der Waals surface area contributed by atoms with Gasteiger partial charge in [-0.15, -0.1) is 13.2 Å². The van der Waals surface area contributed by atoms with Gasteiger partial charge in [0.15, 0.2) is 5.82 Å². The van der Waals surface area contributed by atoms with Crippen LogP contribution in [0.1, 0.15) is 50.0 Å². The van der Waals surface area contributed by atoms with Gasteiger partial charge in [-0.3, -0.25) is 4.79 Å². The molecule has 3 amide bonds. The molecule has 0 saturated carbocycles. The zero-order valence-electron chi connectivity index (χ0n) is 16.9. The summed E-state index contributed by atoms with van der Waals surface area (Å²) in [6, 6.07) is 4.46. The molecule has 1 aliphatic heterocycles. The predicted molar refractivity (Wildman–Crippen MR) is 100 cm³/mol. The summed E-state index contributed by atoms with van der Waals surface area (Å²) in [7, 11) is 0. The summed E-state index contributed by atoms with van der Waals surface area (Å²) in [6.45, 7) is 3.88. The fourth-order valence-electron chi connectivity index (χ4n) is 3.13. The fourth-order valence-corrected chi connectivity index (χ4v) is 3.13. The molecular formula is C19H22F3N5O4. The highest BCUT2D eigenvalue weighted by molar-refractivity contribution is 5.78. The van der Waals surface area contributed by atoms with Crippen molar-refractivity contribution in [2.45, 2.75) is 58.2 Å². The number of carbonyl (C=O) groups excluding carboxylic acids is 2. The van der Waals surface area contributed by atoms with Crippen molar-refractivity contribution < 1.29 is 32.0 Å². The van der Waals surface area contributed by atoms with Gasteiger partial charge in [-0.2, -0.15) is 4.98 Å². The smallest absolute Gasteiger partial charge is 0.406 e. The van der Waals surface area contributed by atoms with Gasteiger partial charge in [-0.1, -0.05) is 17.3 Å². The summed E-state index contributed by atoms with van der Waals surface area (Å²) >= 11 is 0. The average Bonchev–Trinajstić information content (AvgIpc) is 3.27. The average molecular weight is 441 g/mol. The summed E-state index contributed by atoms with van der Waals surface area (Å²) < 4.78 is 46.0. The molecule has 0 bridgehead atoms. The van der Waals surface area contributed by atoms with Crippen molar-refractivity contribution in [3.8, 4) is 5.75 Å². The highest BCUT2D eigenvalue weighted by Crippen LogP contribution is 2.33. The van der Waals surface area contributed by atoms with E-state index in [1.165, 1.54) is 29.2 Å². The van der Waals surface area contributed by atoms with Crippen LogP contribution in [0, 0.1) is 0 Å². The molecule has 0 spiro atoms. The Bertz CT molecular complexity index is 914. The summed E-state index contributed by atoms with van der Waals surface area (Å²) in [6.07, 6.45) is -4.01. The largest absolute Gasteiger partial charge is 0.573 e. The normalized spacial score (nSPS) is 16.6. The van der Waals surface area contributed by atoms with E-state index in [0.29, 0.717) is 12.0 Å². The van der Waals surface area contributed by atoms with Crippen LogP contribution in [0.2, 0.25) is 0 Å². The number of nitrogens with one attached hydrogen (secondary N) is 2. The van der Waals surface area contributed by atoms with Crippen LogP contribution in [-0.4, -0.2) is 39.4 Å². The molecule has 3 rings (SSSR count). The molecule has 9 nitrogen and oxygen atoms in total. The summed E-state index contributed by atoms with van der Waals surface area (Å²) in [5.74, 6) is 0.0386. The third-order valence-corrected chi connectivity index (χ3v) is 4.43. The summed E-state index contributed by atoms with van der Waals surface area (Å²) in [5.41, 5.74) is 0.626. The van der Waals surface area contributed by atoms with Crippen LogP contribution in [-0.2, 0) is 17.9 Å². The number of alkyl halides is 3. The monoisotopic (exact) mass is 441 g/mol. The standard InChI is InChI=1S/C19H22F3N5O4/c1-11(2)24-18(29)23-9-15-25-17(31-26-15)14-7-8-16(28)27(14)10-12-3-5-13(6-4-12)30-19(20,21)22/h3-6,11,14H,7-10H2,1-2H3,(H2,23,24,29)/t14-/m0/s1. The lowest BCUT2D eigenvalue weighted by Gasteiger charge is -2.22. The second kappa shape index (κ2) is 9.23. The van der Waals surface area contributed by atoms with Crippen molar-refractivity contribution >= 4 is 11.9 Å². The maximum Gasteiger partial charge on any atom is 0.573 e. The first-order chi connectivity index (χ1) is 14.6. The first-order valence-electron chi connectivity index (χ1n) is 9.61. The molecule has 1 fully saturated rings. The number of hydrogen-bond donors (Lipinski definition) is 2. The van der Waals surface area contributed by atoms with E-state index in [0.717, 1.165) is 0 Å². The number of benzene rings is 1. The van der Waals surface area contributed by atoms with Gasteiger partial charge in [0.2, 0.25) is 11.8 Å². The number of rotatable bonds is 7. The van der Waals surface area contributed by atoms with E-state index in [1.54, 1.807) is 0 Å². The molecule has 2 aromatic rings. The molecule has 1 atom stereocenters. The third-order valence-electron chi connectivity index (χ3n) is 4.43.